The second-order valence-electron chi connectivity index (χ2n) is 6.55. The molecule has 1 amide bonds. The number of hydrogen-bond acceptors (Lipinski definition) is 2. The summed E-state index contributed by atoms with van der Waals surface area (Å²) < 4.78 is 0. The molecule has 3 nitrogen and oxygen atoms in total. The van der Waals surface area contributed by atoms with Gasteiger partial charge in [0.1, 0.15) is 0 Å². The van der Waals surface area contributed by atoms with Gasteiger partial charge in [0.15, 0.2) is 0 Å². The third kappa shape index (κ3) is 5.33. The highest BCUT2D eigenvalue weighted by Gasteiger charge is 2.29. The van der Waals surface area contributed by atoms with E-state index in [0.29, 0.717) is 0 Å². The van der Waals surface area contributed by atoms with Crippen molar-refractivity contribution in [2.45, 2.75) is 46.1 Å². The van der Waals surface area contributed by atoms with Gasteiger partial charge in [0.05, 0.1) is 6.04 Å². The fraction of sp³-hybridized carbons (Fsp3) is 0.588. The van der Waals surface area contributed by atoms with Gasteiger partial charge in [-0.1, -0.05) is 51.1 Å². The van der Waals surface area contributed by atoms with Crippen LogP contribution in [0.1, 0.15) is 39.2 Å². The average Bonchev–Trinajstić information content (AvgIpc) is 2.41. The molecule has 1 aromatic carbocycles. The lowest BCUT2D eigenvalue weighted by molar-refractivity contribution is -0.133. The maximum absolute atomic E-state index is 12.2. The number of rotatable bonds is 6. The highest BCUT2D eigenvalue weighted by Crippen LogP contribution is 2.18. The second-order valence-corrected chi connectivity index (χ2v) is 6.55. The van der Waals surface area contributed by atoms with E-state index in [0.717, 1.165) is 25.8 Å². The van der Waals surface area contributed by atoms with Crippen molar-refractivity contribution in [2.75, 3.05) is 13.6 Å². The van der Waals surface area contributed by atoms with Crippen LogP contribution in [-0.4, -0.2) is 30.4 Å². The molecule has 0 saturated heterocycles. The maximum atomic E-state index is 12.2. The minimum Gasteiger partial charge on any atom is -0.344 e. The van der Waals surface area contributed by atoms with E-state index in [4.69, 9.17) is 5.73 Å². The molecule has 0 fully saturated rings. The summed E-state index contributed by atoms with van der Waals surface area (Å²) in [5.74, 6) is 0.0391. The standard InChI is InChI=1S/C17H28N2O/c1-17(2,3)15(18)16(20)19(4)13-9-8-12-14-10-6-5-7-11-14/h5-7,10-11,15H,8-9,12-13,18H2,1-4H3/t15-/m1/s1. The fourth-order valence-corrected chi connectivity index (χ4v) is 2.04. The molecule has 0 aliphatic carbocycles. The number of benzene rings is 1. The van der Waals surface area contributed by atoms with Crippen molar-refractivity contribution in [1.82, 2.24) is 4.90 Å². The summed E-state index contributed by atoms with van der Waals surface area (Å²) >= 11 is 0. The predicted molar refractivity (Wildman–Crippen MR) is 84.4 cm³/mol. The number of carbonyl (C=O) groups is 1. The van der Waals surface area contributed by atoms with Crippen LogP contribution in [0.2, 0.25) is 0 Å². The van der Waals surface area contributed by atoms with Crippen molar-refractivity contribution in [2.24, 2.45) is 11.1 Å². The summed E-state index contributed by atoms with van der Waals surface area (Å²) in [5.41, 5.74) is 7.17. The van der Waals surface area contributed by atoms with Crippen LogP contribution in [0.25, 0.3) is 0 Å². The number of nitrogens with zero attached hydrogens (tertiary/aromatic N) is 1. The lowest BCUT2D eigenvalue weighted by Gasteiger charge is -2.30. The van der Waals surface area contributed by atoms with Gasteiger partial charge < -0.3 is 10.6 Å². The van der Waals surface area contributed by atoms with E-state index in [2.05, 4.69) is 24.3 Å². The lowest BCUT2D eigenvalue weighted by Crippen LogP contribution is -2.49. The first-order valence-corrected chi connectivity index (χ1v) is 7.37. The predicted octanol–water partition coefficient (Wildman–Crippen LogP) is 2.84. The van der Waals surface area contributed by atoms with E-state index < -0.39 is 6.04 Å². The van der Waals surface area contributed by atoms with E-state index in [1.165, 1.54) is 5.56 Å². The Morgan fingerprint density at radius 3 is 2.35 bits per heavy atom. The normalized spacial score (nSPS) is 13.1. The number of likely N-dealkylation sites (N-methyl/N-ethyl adjacent to an activating group) is 1. The van der Waals surface area contributed by atoms with Crippen molar-refractivity contribution >= 4 is 5.91 Å². The molecule has 3 heteroatoms. The van der Waals surface area contributed by atoms with E-state index in [-0.39, 0.29) is 11.3 Å². The Hall–Kier alpha value is -1.35. The van der Waals surface area contributed by atoms with Crippen LogP contribution in [0.3, 0.4) is 0 Å². The molecule has 0 saturated carbocycles. The highest BCUT2D eigenvalue weighted by atomic mass is 16.2. The zero-order valence-electron chi connectivity index (χ0n) is 13.2. The van der Waals surface area contributed by atoms with Gasteiger partial charge in [-0.3, -0.25) is 4.79 Å². The lowest BCUT2D eigenvalue weighted by atomic mass is 9.86. The third-order valence-electron chi connectivity index (χ3n) is 3.63. The molecule has 112 valence electrons. The Morgan fingerprint density at radius 2 is 1.80 bits per heavy atom. The molecule has 2 N–H and O–H groups in total. The van der Waals surface area contributed by atoms with Crippen LogP contribution >= 0.6 is 0 Å². The fourth-order valence-electron chi connectivity index (χ4n) is 2.04. The maximum Gasteiger partial charge on any atom is 0.239 e. The number of amides is 1. The van der Waals surface area contributed by atoms with E-state index in [1.54, 1.807) is 4.90 Å². The van der Waals surface area contributed by atoms with Crippen LogP contribution in [0.4, 0.5) is 0 Å². The van der Waals surface area contributed by atoms with Crippen LogP contribution in [0.15, 0.2) is 30.3 Å². The smallest absolute Gasteiger partial charge is 0.239 e. The number of carbonyl (C=O) groups excluding carboxylic acids is 1. The summed E-state index contributed by atoms with van der Waals surface area (Å²) in [6.45, 7) is 6.77. The van der Waals surface area contributed by atoms with Crippen molar-refractivity contribution in [3.8, 4) is 0 Å². The molecule has 20 heavy (non-hydrogen) atoms. The molecule has 1 atom stereocenters. The molecule has 1 rings (SSSR count). The van der Waals surface area contributed by atoms with Crippen LogP contribution in [0, 0.1) is 5.41 Å². The summed E-state index contributed by atoms with van der Waals surface area (Å²) in [5, 5.41) is 0. The van der Waals surface area contributed by atoms with Crippen molar-refractivity contribution in [3.05, 3.63) is 35.9 Å². The monoisotopic (exact) mass is 276 g/mol. The Balaban J connectivity index is 2.30. The number of unbranched alkanes of at least 4 members (excludes halogenated alkanes) is 1. The zero-order chi connectivity index (χ0) is 15.2. The van der Waals surface area contributed by atoms with Gasteiger partial charge in [-0.2, -0.15) is 0 Å². The zero-order valence-corrected chi connectivity index (χ0v) is 13.2. The van der Waals surface area contributed by atoms with E-state index in [1.807, 2.05) is 33.9 Å². The largest absolute Gasteiger partial charge is 0.344 e. The SMILES string of the molecule is CN(CCCCc1ccccc1)C(=O)[C@@H](N)C(C)(C)C. The molecule has 0 radical (unpaired) electrons. The Bertz CT molecular complexity index is 409. The molecule has 0 aromatic heterocycles. The van der Waals surface area contributed by atoms with Crippen molar-refractivity contribution in [1.29, 1.82) is 0 Å². The molecular weight excluding hydrogens is 248 g/mol. The van der Waals surface area contributed by atoms with Gasteiger partial charge in [0, 0.05) is 13.6 Å². The average molecular weight is 276 g/mol. The van der Waals surface area contributed by atoms with Crippen molar-refractivity contribution < 1.29 is 4.79 Å². The van der Waals surface area contributed by atoms with Crippen LogP contribution in [0.5, 0.6) is 0 Å². The minimum atomic E-state index is -0.429. The first kappa shape index (κ1) is 16.7. The van der Waals surface area contributed by atoms with Crippen LogP contribution < -0.4 is 5.73 Å². The molecular formula is C17H28N2O. The first-order chi connectivity index (χ1) is 9.32. The van der Waals surface area contributed by atoms with Gasteiger partial charge in [-0.15, -0.1) is 0 Å². The highest BCUT2D eigenvalue weighted by molar-refractivity contribution is 5.82. The first-order valence-electron chi connectivity index (χ1n) is 7.37. The van der Waals surface area contributed by atoms with E-state index >= 15 is 0 Å². The van der Waals surface area contributed by atoms with Crippen LogP contribution in [-0.2, 0) is 11.2 Å². The molecule has 1 aromatic rings. The molecule has 0 spiro atoms. The summed E-state index contributed by atoms with van der Waals surface area (Å²) in [6.07, 6.45) is 3.16. The molecule has 0 bridgehead atoms. The molecule has 0 unspecified atom stereocenters. The Morgan fingerprint density at radius 1 is 1.20 bits per heavy atom. The Kier molecular flexibility index (Phi) is 6.21. The number of hydrogen-bond donors (Lipinski definition) is 1. The molecule has 0 aliphatic heterocycles. The number of nitrogens with two attached hydrogens (primary N) is 1. The quantitative estimate of drug-likeness (QED) is 0.812. The van der Waals surface area contributed by atoms with Gasteiger partial charge in [-0.05, 0) is 30.2 Å². The van der Waals surface area contributed by atoms with Gasteiger partial charge in [0.25, 0.3) is 0 Å². The third-order valence-corrected chi connectivity index (χ3v) is 3.63. The van der Waals surface area contributed by atoms with Gasteiger partial charge >= 0.3 is 0 Å². The van der Waals surface area contributed by atoms with E-state index in [9.17, 15) is 4.79 Å². The van der Waals surface area contributed by atoms with Gasteiger partial charge in [-0.25, -0.2) is 0 Å². The summed E-state index contributed by atoms with van der Waals surface area (Å²) in [7, 11) is 1.84. The summed E-state index contributed by atoms with van der Waals surface area (Å²) in [4.78, 5) is 13.9. The minimum absolute atomic E-state index is 0.0391. The molecule has 0 aliphatic rings. The molecule has 0 heterocycles. The second kappa shape index (κ2) is 7.44. The summed E-state index contributed by atoms with van der Waals surface area (Å²) in [6, 6.07) is 10.0. The van der Waals surface area contributed by atoms with Crippen molar-refractivity contribution in [3.63, 3.8) is 0 Å². The number of aryl methyl sites for hydroxylation is 1. The Labute approximate surface area is 123 Å². The topological polar surface area (TPSA) is 46.3 Å². The van der Waals surface area contributed by atoms with Gasteiger partial charge in [0.2, 0.25) is 5.91 Å².